The molecular formula is C12H16F2O. The highest BCUT2D eigenvalue weighted by Crippen LogP contribution is 2.24. The highest BCUT2D eigenvalue weighted by molar-refractivity contribution is 5.20. The molecule has 0 fully saturated rings. The summed E-state index contributed by atoms with van der Waals surface area (Å²) in [6.45, 7) is 3.00. The lowest BCUT2D eigenvalue weighted by Crippen LogP contribution is -2.27. The Balaban J connectivity index is 2.42. The van der Waals surface area contributed by atoms with Crippen LogP contribution in [0.3, 0.4) is 0 Å². The number of hydrogen-bond donors (Lipinski definition) is 0. The predicted octanol–water partition coefficient (Wildman–Crippen LogP) is 3.75. The van der Waals surface area contributed by atoms with Crippen molar-refractivity contribution in [1.29, 1.82) is 0 Å². The lowest BCUT2D eigenvalue weighted by molar-refractivity contribution is -0.0565. The molecule has 0 unspecified atom stereocenters. The molecule has 0 radical (unpaired) electrons. The van der Waals surface area contributed by atoms with Gasteiger partial charge in [0.05, 0.1) is 0 Å². The predicted molar refractivity (Wildman–Crippen MR) is 56.3 cm³/mol. The Morgan fingerprint density at radius 1 is 1.20 bits per heavy atom. The van der Waals surface area contributed by atoms with Crippen LogP contribution >= 0.6 is 0 Å². The van der Waals surface area contributed by atoms with Crippen molar-refractivity contribution in [2.75, 3.05) is 6.61 Å². The summed E-state index contributed by atoms with van der Waals surface area (Å²) in [5, 5.41) is 0. The third kappa shape index (κ3) is 4.77. The van der Waals surface area contributed by atoms with E-state index in [-0.39, 0.29) is 12.3 Å². The van der Waals surface area contributed by atoms with Gasteiger partial charge < -0.3 is 4.74 Å². The highest BCUT2D eigenvalue weighted by Gasteiger charge is 2.30. The van der Waals surface area contributed by atoms with Crippen LogP contribution in [0.5, 0.6) is 5.75 Å². The van der Waals surface area contributed by atoms with Gasteiger partial charge in [-0.25, -0.2) is 8.78 Å². The first-order valence-corrected chi connectivity index (χ1v) is 5.05. The van der Waals surface area contributed by atoms with Crippen LogP contribution in [0, 0.1) is 5.92 Å². The van der Waals surface area contributed by atoms with Gasteiger partial charge >= 0.3 is 0 Å². The maximum absolute atomic E-state index is 13.2. The van der Waals surface area contributed by atoms with Crippen molar-refractivity contribution in [3.8, 4) is 5.75 Å². The normalized spacial score (nSPS) is 11.8. The van der Waals surface area contributed by atoms with E-state index in [2.05, 4.69) is 0 Å². The SMILES string of the molecule is CC(C)CC(F)(F)COc1ccccc1. The topological polar surface area (TPSA) is 9.23 Å². The minimum Gasteiger partial charge on any atom is -0.487 e. The van der Waals surface area contributed by atoms with Gasteiger partial charge in [0.15, 0.2) is 6.61 Å². The van der Waals surface area contributed by atoms with Crippen LogP contribution in [0.15, 0.2) is 30.3 Å². The zero-order valence-corrected chi connectivity index (χ0v) is 9.04. The highest BCUT2D eigenvalue weighted by atomic mass is 19.3. The maximum atomic E-state index is 13.2. The number of hydrogen-bond acceptors (Lipinski definition) is 1. The van der Waals surface area contributed by atoms with E-state index in [1.807, 2.05) is 6.07 Å². The van der Waals surface area contributed by atoms with Crippen LogP contribution in [0.1, 0.15) is 20.3 Å². The van der Waals surface area contributed by atoms with Gasteiger partial charge in [-0.3, -0.25) is 0 Å². The molecule has 0 spiro atoms. The molecule has 0 aliphatic carbocycles. The molecule has 15 heavy (non-hydrogen) atoms. The van der Waals surface area contributed by atoms with Crippen molar-refractivity contribution >= 4 is 0 Å². The minimum atomic E-state index is -2.75. The van der Waals surface area contributed by atoms with Gasteiger partial charge in [-0.1, -0.05) is 32.0 Å². The number of ether oxygens (including phenoxy) is 1. The van der Waals surface area contributed by atoms with Crippen LogP contribution < -0.4 is 4.74 Å². The fraction of sp³-hybridized carbons (Fsp3) is 0.500. The van der Waals surface area contributed by atoms with Crippen LogP contribution in [-0.2, 0) is 0 Å². The summed E-state index contributed by atoms with van der Waals surface area (Å²) in [4.78, 5) is 0. The van der Waals surface area contributed by atoms with E-state index in [9.17, 15) is 8.78 Å². The number of rotatable bonds is 5. The Kier molecular flexibility index (Phi) is 4.06. The Bertz CT molecular complexity index is 283. The van der Waals surface area contributed by atoms with E-state index in [0.717, 1.165) is 0 Å². The molecule has 0 atom stereocenters. The van der Waals surface area contributed by atoms with Crippen LogP contribution in [-0.4, -0.2) is 12.5 Å². The van der Waals surface area contributed by atoms with E-state index in [1.54, 1.807) is 38.1 Å². The smallest absolute Gasteiger partial charge is 0.281 e. The summed E-state index contributed by atoms with van der Waals surface area (Å²) in [5.74, 6) is -2.29. The molecule has 0 aliphatic heterocycles. The maximum Gasteiger partial charge on any atom is 0.281 e. The summed E-state index contributed by atoms with van der Waals surface area (Å²) in [7, 11) is 0. The van der Waals surface area contributed by atoms with E-state index < -0.39 is 12.5 Å². The molecule has 1 aromatic carbocycles. The van der Waals surface area contributed by atoms with E-state index in [1.165, 1.54) is 0 Å². The lowest BCUT2D eigenvalue weighted by Gasteiger charge is -2.18. The van der Waals surface area contributed by atoms with Crippen LogP contribution in [0.2, 0.25) is 0 Å². The summed E-state index contributed by atoms with van der Waals surface area (Å²) in [5.41, 5.74) is 0. The molecule has 0 aliphatic rings. The standard InChI is InChI=1S/C12H16F2O/c1-10(2)8-12(13,14)9-15-11-6-4-3-5-7-11/h3-7,10H,8-9H2,1-2H3. The molecule has 0 amide bonds. The Labute approximate surface area is 89.1 Å². The monoisotopic (exact) mass is 214 g/mol. The summed E-state index contributed by atoms with van der Waals surface area (Å²) >= 11 is 0. The first kappa shape index (κ1) is 12.0. The molecule has 0 aromatic heterocycles. The summed E-state index contributed by atoms with van der Waals surface area (Å²) in [6.07, 6.45) is -0.139. The van der Waals surface area contributed by atoms with E-state index >= 15 is 0 Å². The van der Waals surface area contributed by atoms with Crippen molar-refractivity contribution in [3.63, 3.8) is 0 Å². The van der Waals surface area contributed by atoms with Gasteiger partial charge in [-0.15, -0.1) is 0 Å². The van der Waals surface area contributed by atoms with Crippen molar-refractivity contribution < 1.29 is 13.5 Å². The number of halogens is 2. The fourth-order valence-electron chi connectivity index (χ4n) is 1.36. The molecule has 3 heteroatoms. The average molecular weight is 214 g/mol. The second-order valence-electron chi connectivity index (χ2n) is 4.06. The largest absolute Gasteiger partial charge is 0.487 e. The first-order valence-electron chi connectivity index (χ1n) is 5.05. The van der Waals surface area contributed by atoms with Crippen molar-refractivity contribution in [3.05, 3.63) is 30.3 Å². The molecule has 1 rings (SSSR count). The second kappa shape index (κ2) is 5.10. The van der Waals surface area contributed by atoms with Crippen molar-refractivity contribution in [2.45, 2.75) is 26.2 Å². The Morgan fingerprint density at radius 3 is 2.33 bits per heavy atom. The third-order valence-electron chi connectivity index (χ3n) is 1.90. The average Bonchev–Trinajstić information content (AvgIpc) is 2.15. The molecule has 1 aromatic rings. The second-order valence-corrected chi connectivity index (χ2v) is 4.06. The van der Waals surface area contributed by atoms with Gasteiger partial charge in [0.1, 0.15) is 5.75 Å². The van der Waals surface area contributed by atoms with Crippen molar-refractivity contribution in [2.24, 2.45) is 5.92 Å². The van der Waals surface area contributed by atoms with Crippen molar-refractivity contribution in [1.82, 2.24) is 0 Å². The third-order valence-corrected chi connectivity index (χ3v) is 1.90. The molecule has 0 N–H and O–H groups in total. The van der Waals surface area contributed by atoms with E-state index in [4.69, 9.17) is 4.74 Å². The first-order chi connectivity index (χ1) is 6.99. The quantitative estimate of drug-likeness (QED) is 0.725. The number of para-hydroxylation sites is 1. The molecule has 0 saturated heterocycles. The summed E-state index contributed by atoms with van der Waals surface area (Å²) in [6, 6.07) is 8.68. The van der Waals surface area contributed by atoms with Gasteiger partial charge in [0.25, 0.3) is 5.92 Å². The van der Waals surface area contributed by atoms with Crippen LogP contribution in [0.4, 0.5) is 8.78 Å². The fourth-order valence-corrected chi connectivity index (χ4v) is 1.36. The molecular weight excluding hydrogens is 198 g/mol. The molecule has 0 saturated carbocycles. The molecule has 0 bridgehead atoms. The number of benzene rings is 1. The van der Waals surface area contributed by atoms with Gasteiger partial charge in [0.2, 0.25) is 0 Å². The molecule has 0 heterocycles. The van der Waals surface area contributed by atoms with E-state index in [0.29, 0.717) is 5.75 Å². The van der Waals surface area contributed by atoms with Gasteiger partial charge in [-0.05, 0) is 18.1 Å². The Hall–Kier alpha value is -1.12. The Morgan fingerprint density at radius 2 is 1.80 bits per heavy atom. The zero-order valence-electron chi connectivity index (χ0n) is 9.04. The minimum absolute atomic E-state index is 0.0284. The summed E-state index contributed by atoms with van der Waals surface area (Å²) < 4.78 is 31.5. The number of alkyl halides is 2. The zero-order chi connectivity index (χ0) is 11.3. The van der Waals surface area contributed by atoms with Gasteiger partial charge in [-0.2, -0.15) is 0 Å². The lowest BCUT2D eigenvalue weighted by atomic mass is 10.1. The molecule has 1 nitrogen and oxygen atoms in total. The van der Waals surface area contributed by atoms with Crippen LogP contribution in [0.25, 0.3) is 0 Å². The molecule has 84 valence electrons. The van der Waals surface area contributed by atoms with Gasteiger partial charge in [0, 0.05) is 6.42 Å².